The fourth-order valence-corrected chi connectivity index (χ4v) is 17.1. The molecular formula is C32H26F5NSi2. The first-order chi connectivity index (χ1) is 19.2. The Hall–Kier alpha value is -4.02. The average Bonchev–Trinajstić information content (AvgIpc) is 3.02. The molecular weight excluding hydrogens is 550 g/mol. The Morgan fingerprint density at radius 2 is 0.600 bits per heavy atom. The van der Waals surface area contributed by atoms with Crippen LogP contribution in [0.2, 0.25) is 13.1 Å². The summed E-state index contributed by atoms with van der Waals surface area (Å²) in [7, 11) is -7.08. The van der Waals surface area contributed by atoms with Gasteiger partial charge in [0.15, 0.2) is 23.3 Å². The van der Waals surface area contributed by atoms with E-state index >= 15 is 17.6 Å². The lowest BCUT2D eigenvalue weighted by Crippen LogP contribution is -2.82. The highest BCUT2D eigenvalue weighted by atomic mass is 28.4. The van der Waals surface area contributed by atoms with Gasteiger partial charge >= 0.3 is 0 Å². The lowest BCUT2D eigenvalue weighted by atomic mass is 10.2. The summed E-state index contributed by atoms with van der Waals surface area (Å²) < 4.78 is 78.1. The Labute approximate surface area is 232 Å². The van der Waals surface area contributed by atoms with E-state index in [2.05, 4.69) is 0 Å². The summed E-state index contributed by atoms with van der Waals surface area (Å²) in [5.41, 5.74) is -0.903. The minimum Gasteiger partial charge on any atom is -0.405 e. The van der Waals surface area contributed by atoms with Crippen LogP contribution in [0.1, 0.15) is 0 Å². The van der Waals surface area contributed by atoms with Crippen LogP contribution in [0.15, 0.2) is 121 Å². The second kappa shape index (κ2) is 10.9. The highest BCUT2D eigenvalue weighted by Crippen LogP contribution is 2.36. The second-order valence-electron chi connectivity index (χ2n) is 9.86. The van der Waals surface area contributed by atoms with Crippen molar-refractivity contribution in [2.75, 3.05) is 4.23 Å². The molecule has 0 bridgehead atoms. The molecule has 0 N–H and O–H groups in total. The number of hydrogen-bond acceptors (Lipinski definition) is 1. The summed E-state index contributed by atoms with van der Waals surface area (Å²) in [5, 5.41) is 3.04. The molecule has 0 heterocycles. The van der Waals surface area contributed by atoms with Crippen LogP contribution >= 0.6 is 0 Å². The molecule has 5 rings (SSSR count). The molecule has 0 unspecified atom stereocenters. The number of anilines is 1. The van der Waals surface area contributed by atoms with E-state index in [4.69, 9.17) is 0 Å². The number of benzene rings is 5. The third-order valence-electron chi connectivity index (χ3n) is 7.65. The Morgan fingerprint density at radius 3 is 0.850 bits per heavy atom. The van der Waals surface area contributed by atoms with Gasteiger partial charge in [-0.1, -0.05) is 121 Å². The van der Waals surface area contributed by atoms with Crippen molar-refractivity contribution < 1.29 is 22.0 Å². The summed E-state index contributed by atoms with van der Waals surface area (Å²) in [6.45, 7) is 3.82. The van der Waals surface area contributed by atoms with Crippen LogP contribution in [-0.2, 0) is 0 Å². The van der Waals surface area contributed by atoms with Gasteiger partial charge in [0.1, 0.15) is 5.69 Å². The van der Waals surface area contributed by atoms with Crippen LogP contribution in [0.25, 0.3) is 0 Å². The van der Waals surface area contributed by atoms with Crippen molar-refractivity contribution in [3.05, 3.63) is 150 Å². The largest absolute Gasteiger partial charge is 0.405 e. The molecule has 8 heteroatoms. The Kier molecular flexibility index (Phi) is 7.48. The lowest BCUT2D eigenvalue weighted by molar-refractivity contribution is 0.381. The van der Waals surface area contributed by atoms with Gasteiger partial charge in [-0.2, -0.15) is 0 Å². The van der Waals surface area contributed by atoms with Gasteiger partial charge < -0.3 is 4.23 Å². The fraction of sp³-hybridized carbons (Fsp3) is 0.0625. The minimum absolute atomic E-state index is 0.760. The number of hydrogen-bond donors (Lipinski definition) is 0. The van der Waals surface area contributed by atoms with E-state index in [1.165, 1.54) is 0 Å². The number of halogens is 5. The van der Waals surface area contributed by atoms with E-state index in [1.54, 1.807) is 4.23 Å². The molecule has 1 nitrogen and oxygen atoms in total. The van der Waals surface area contributed by atoms with E-state index in [0.717, 1.165) is 20.7 Å². The molecule has 0 aliphatic rings. The van der Waals surface area contributed by atoms with E-state index < -0.39 is 51.2 Å². The molecule has 0 aliphatic heterocycles. The normalized spacial score (nSPS) is 11.9. The molecule has 0 saturated carbocycles. The van der Waals surface area contributed by atoms with Crippen molar-refractivity contribution in [1.29, 1.82) is 0 Å². The predicted octanol–water partition coefficient (Wildman–Crippen LogP) is 5.97. The first-order valence-electron chi connectivity index (χ1n) is 12.8. The van der Waals surface area contributed by atoms with Crippen LogP contribution in [0.4, 0.5) is 27.6 Å². The highest BCUT2D eigenvalue weighted by Gasteiger charge is 2.53. The van der Waals surface area contributed by atoms with Gasteiger partial charge in [0.2, 0.25) is 22.3 Å². The van der Waals surface area contributed by atoms with Gasteiger partial charge in [-0.25, -0.2) is 22.0 Å². The molecule has 0 radical (unpaired) electrons. The van der Waals surface area contributed by atoms with E-state index in [1.807, 2.05) is 134 Å². The first-order valence-corrected chi connectivity index (χ1v) is 17.7. The van der Waals surface area contributed by atoms with Crippen molar-refractivity contribution in [2.24, 2.45) is 0 Å². The maximum atomic E-state index is 16.1. The molecule has 0 aromatic heterocycles. The van der Waals surface area contributed by atoms with Crippen molar-refractivity contribution in [3.63, 3.8) is 0 Å². The SMILES string of the molecule is C[Si](c1ccccc1)(c1ccccc1)N(c1c(F)c(F)c(F)c(F)c1F)[Si](C)(c1ccccc1)c1ccccc1. The molecule has 0 fully saturated rings. The minimum atomic E-state index is -3.54. The van der Waals surface area contributed by atoms with Gasteiger partial charge in [-0.15, -0.1) is 0 Å². The molecule has 40 heavy (non-hydrogen) atoms. The van der Waals surface area contributed by atoms with E-state index in [9.17, 15) is 4.39 Å². The average molecular weight is 576 g/mol. The van der Waals surface area contributed by atoms with Crippen LogP contribution in [0.3, 0.4) is 0 Å². The van der Waals surface area contributed by atoms with Crippen molar-refractivity contribution in [1.82, 2.24) is 0 Å². The maximum absolute atomic E-state index is 16.1. The van der Waals surface area contributed by atoms with Crippen molar-refractivity contribution in [3.8, 4) is 0 Å². The molecule has 0 aliphatic carbocycles. The zero-order chi connectivity index (χ0) is 28.5. The molecule has 0 atom stereocenters. The zero-order valence-corrected chi connectivity index (χ0v) is 23.9. The standard InChI is InChI=1S/C32H26F5NSi2/c1-39(23-15-7-3-8-16-23,24-17-9-4-10-18-24)38(32-30(36)28(34)27(33)29(35)31(32)37)40(2,25-19-11-5-12-20-25)26-21-13-6-14-22-26/h3-22H,1-2H3. The third kappa shape index (κ3) is 4.37. The van der Waals surface area contributed by atoms with Crippen LogP contribution in [0, 0.1) is 29.1 Å². The molecule has 0 amide bonds. The van der Waals surface area contributed by atoms with E-state index in [-0.39, 0.29) is 0 Å². The van der Waals surface area contributed by atoms with Gasteiger partial charge in [-0.05, 0) is 33.8 Å². The fourth-order valence-electron chi connectivity index (χ4n) is 5.58. The molecule has 5 aromatic rings. The Balaban J connectivity index is 2.02. The summed E-state index contributed by atoms with van der Waals surface area (Å²) in [6, 6.07) is 36.8. The summed E-state index contributed by atoms with van der Waals surface area (Å²) in [4.78, 5) is 0. The topological polar surface area (TPSA) is 3.24 Å². The molecule has 202 valence electrons. The summed E-state index contributed by atoms with van der Waals surface area (Å²) >= 11 is 0. The van der Waals surface area contributed by atoms with Crippen molar-refractivity contribution >= 4 is 42.9 Å². The summed E-state index contributed by atoms with van der Waals surface area (Å²) in [6.07, 6.45) is 0. The van der Waals surface area contributed by atoms with Gasteiger partial charge in [0, 0.05) is 0 Å². The van der Waals surface area contributed by atoms with Crippen LogP contribution in [-0.4, -0.2) is 16.5 Å². The van der Waals surface area contributed by atoms with E-state index in [0.29, 0.717) is 0 Å². The highest BCUT2D eigenvalue weighted by molar-refractivity contribution is 7.20. The quantitative estimate of drug-likeness (QED) is 0.100. The lowest BCUT2D eigenvalue weighted by Gasteiger charge is -2.52. The van der Waals surface area contributed by atoms with Crippen LogP contribution < -0.4 is 25.0 Å². The summed E-state index contributed by atoms with van der Waals surface area (Å²) in [5.74, 6) is -9.79. The van der Waals surface area contributed by atoms with Gasteiger partial charge in [0.05, 0.1) is 0 Å². The molecule has 5 aromatic carbocycles. The first kappa shape index (κ1) is 27.5. The monoisotopic (exact) mass is 575 g/mol. The smallest absolute Gasteiger partial charge is 0.210 e. The predicted molar refractivity (Wildman–Crippen MR) is 156 cm³/mol. The third-order valence-corrected chi connectivity index (χ3v) is 18.4. The van der Waals surface area contributed by atoms with Crippen molar-refractivity contribution in [2.45, 2.75) is 13.1 Å². The maximum Gasteiger partial charge on any atom is 0.210 e. The Bertz CT molecular complexity index is 1420. The van der Waals surface area contributed by atoms with Gasteiger partial charge in [0.25, 0.3) is 0 Å². The Morgan fingerprint density at radius 1 is 0.375 bits per heavy atom. The second-order valence-corrected chi connectivity index (χ2v) is 17.8. The molecule has 0 saturated heterocycles. The molecule has 0 spiro atoms. The number of nitrogens with zero attached hydrogens (tertiary/aromatic N) is 1. The van der Waals surface area contributed by atoms with Crippen LogP contribution in [0.5, 0.6) is 0 Å². The number of rotatable bonds is 7. The van der Waals surface area contributed by atoms with Gasteiger partial charge in [-0.3, -0.25) is 0 Å². The zero-order valence-electron chi connectivity index (χ0n) is 21.9.